The van der Waals surface area contributed by atoms with E-state index in [4.69, 9.17) is 4.55 Å². The van der Waals surface area contributed by atoms with Crippen LogP contribution in [0.25, 0.3) is 5.69 Å². The molecule has 0 amide bonds. The molecule has 0 saturated heterocycles. The van der Waals surface area contributed by atoms with E-state index in [1.807, 2.05) is 0 Å². The summed E-state index contributed by atoms with van der Waals surface area (Å²) >= 11 is -2.21. The molecule has 4 nitrogen and oxygen atoms in total. The van der Waals surface area contributed by atoms with E-state index in [1.165, 1.54) is 18.3 Å². The van der Waals surface area contributed by atoms with Gasteiger partial charge in [0.15, 0.2) is 11.1 Å². The first-order valence-corrected chi connectivity index (χ1v) is 5.82. The molecule has 1 aromatic carbocycles. The highest BCUT2D eigenvalue weighted by Crippen LogP contribution is 2.30. The van der Waals surface area contributed by atoms with Crippen LogP contribution >= 0.6 is 0 Å². The molecule has 1 N–H and O–H groups in total. The Balaban J connectivity index is 2.41. The van der Waals surface area contributed by atoms with Gasteiger partial charge < -0.3 is 4.55 Å². The minimum atomic E-state index is -4.44. The van der Waals surface area contributed by atoms with Crippen molar-refractivity contribution >= 4 is 11.1 Å². The number of hydrogen-bond donors (Lipinski definition) is 1. The molecule has 96 valence electrons. The van der Waals surface area contributed by atoms with Crippen LogP contribution in [-0.4, -0.2) is 18.5 Å². The Labute approximate surface area is 102 Å². The van der Waals surface area contributed by atoms with E-state index >= 15 is 0 Å². The first kappa shape index (κ1) is 12.8. The molecule has 2 aromatic rings. The third-order valence-corrected chi connectivity index (χ3v) is 2.81. The summed E-state index contributed by atoms with van der Waals surface area (Å²) in [5, 5.41) is 3.73. The number of nitrogens with zero attached hydrogens (tertiary/aromatic N) is 2. The molecule has 8 heteroatoms. The molecule has 0 aliphatic rings. The van der Waals surface area contributed by atoms with E-state index in [0.29, 0.717) is 0 Å². The van der Waals surface area contributed by atoms with Crippen LogP contribution in [0.1, 0.15) is 5.56 Å². The Hall–Kier alpha value is -1.67. The highest BCUT2D eigenvalue weighted by molar-refractivity contribution is 7.79. The lowest BCUT2D eigenvalue weighted by Crippen LogP contribution is -2.06. The fourth-order valence-electron chi connectivity index (χ4n) is 1.36. The lowest BCUT2D eigenvalue weighted by atomic mass is 10.2. The summed E-state index contributed by atoms with van der Waals surface area (Å²) in [6, 6.07) is 4.52. The van der Waals surface area contributed by atoms with E-state index in [9.17, 15) is 17.4 Å². The lowest BCUT2D eigenvalue weighted by molar-refractivity contribution is -0.137. The van der Waals surface area contributed by atoms with Crippen molar-refractivity contribution < 1.29 is 21.9 Å². The molecule has 1 aromatic heterocycles. The molecule has 0 bridgehead atoms. The van der Waals surface area contributed by atoms with Gasteiger partial charge in [-0.05, 0) is 18.2 Å². The van der Waals surface area contributed by atoms with Crippen molar-refractivity contribution in [3.05, 3.63) is 42.2 Å². The normalized spacial score (nSPS) is 13.6. The molecule has 0 radical (unpaired) electrons. The Bertz CT molecular complexity index is 595. The molecule has 1 atom stereocenters. The van der Waals surface area contributed by atoms with Crippen LogP contribution < -0.4 is 0 Å². The highest BCUT2D eigenvalue weighted by Gasteiger charge is 2.30. The average molecular weight is 276 g/mol. The number of rotatable bonds is 2. The standard InChI is InChI=1S/C10H7F3N2O2S/c11-10(12,13)7-2-1-3-8(4-7)15-6-9(5-14-15)18(16)17/h1-6H,(H,16,17). The summed E-state index contributed by atoms with van der Waals surface area (Å²) in [6.07, 6.45) is -2.12. The molecule has 0 saturated carbocycles. The molecule has 1 unspecified atom stereocenters. The van der Waals surface area contributed by atoms with Crippen molar-refractivity contribution in [2.24, 2.45) is 0 Å². The van der Waals surface area contributed by atoms with Crippen LogP contribution in [0.15, 0.2) is 41.6 Å². The number of alkyl halides is 3. The van der Waals surface area contributed by atoms with Crippen molar-refractivity contribution in [1.29, 1.82) is 0 Å². The minimum absolute atomic E-state index is 0.0208. The fourth-order valence-corrected chi connectivity index (χ4v) is 1.69. The molecule has 0 spiro atoms. The van der Waals surface area contributed by atoms with Crippen molar-refractivity contribution in [1.82, 2.24) is 9.78 Å². The van der Waals surface area contributed by atoms with Crippen LogP contribution in [0.5, 0.6) is 0 Å². The maximum atomic E-state index is 12.5. The van der Waals surface area contributed by atoms with Gasteiger partial charge in [0.1, 0.15) is 4.90 Å². The predicted molar refractivity (Wildman–Crippen MR) is 57.6 cm³/mol. The zero-order valence-corrected chi connectivity index (χ0v) is 9.57. The summed E-state index contributed by atoms with van der Waals surface area (Å²) in [7, 11) is 0. The van der Waals surface area contributed by atoms with E-state index < -0.39 is 22.8 Å². The second-order valence-corrected chi connectivity index (χ2v) is 4.39. The molecular formula is C10H7F3N2O2S. The van der Waals surface area contributed by atoms with Gasteiger partial charge in [-0.3, -0.25) is 0 Å². The van der Waals surface area contributed by atoms with E-state index in [1.54, 1.807) is 0 Å². The summed E-state index contributed by atoms with van der Waals surface area (Å²) < 4.78 is 58.2. The molecule has 2 rings (SSSR count). The van der Waals surface area contributed by atoms with Crippen LogP contribution in [0.4, 0.5) is 13.2 Å². The van der Waals surface area contributed by atoms with Gasteiger partial charge in [-0.25, -0.2) is 8.89 Å². The van der Waals surface area contributed by atoms with Crippen molar-refractivity contribution in [2.75, 3.05) is 0 Å². The number of halogens is 3. The van der Waals surface area contributed by atoms with Crippen LogP contribution in [0, 0.1) is 0 Å². The van der Waals surface area contributed by atoms with Gasteiger partial charge >= 0.3 is 6.18 Å². The molecule has 0 aliphatic carbocycles. The van der Waals surface area contributed by atoms with Crippen LogP contribution in [0.2, 0.25) is 0 Å². The molecule has 18 heavy (non-hydrogen) atoms. The molecule has 1 heterocycles. The fraction of sp³-hybridized carbons (Fsp3) is 0.100. The van der Waals surface area contributed by atoms with Crippen molar-refractivity contribution in [3.8, 4) is 5.69 Å². The second kappa shape index (κ2) is 4.54. The Morgan fingerprint density at radius 1 is 1.33 bits per heavy atom. The lowest BCUT2D eigenvalue weighted by Gasteiger charge is -2.08. The van der Waals surface area contributed by atoms with Crippen LogP contribution in [-0.2, 0) is 17.3 Å². The van der Waals surface area contributed by atoms with Gasteiger partial charge in [0.25, 0.3) is 0 Å². The monoisotopic (exact) mass is 276 g/mol. The van der Waals surface area contributed by atoms with Gasteiger partial charge in [-0.15, -0.1) is 0 Å². The van der Waals surface area contributed by atoms with Gasteiger partial charge in [-0.1, -0.05) is 6.07 Å². The van der Waals surface area contributed by atoms with Crippen molar-refractivity contribution in [3.63, 3.8) is 0 Å². The maximum Gasteiger partial charge on any atom is 0.416 e. The SMILES string of the molecule is O=S(O)c1cnn(-c2cccc(C(F)(F)F)c2)c1. The third kappa shape index (κ3) is 2.59. The number of hydrogen-bond acceptors (Lipinski definition) is 2. The van der Waals surface area contributed by atoms with E-state index in [2.05, 4.69) is 5.10 Å². The summed E-state index contributed by atoms with van der Waals surface area (Å²) in [5.41, 5.74) is -0.635. The zero-order valence-electron chi connectivity index (χ0n) is 8.76. The third-order valence-electron chi connectivity index (χ3n) is 2.20. The van der Waals surface area contributed by atoms with Crippen molar-refractivity contribution in [2.45, 2.75) is 11.1 Å². The second-order valence-electron chi connectivity index (χ2n) is 3.42. The Kier molecular flexibility index (Phi) is 3.22. The summed E-state index contributed by atoms with van der Waals surface area (Å²) in [6.45, 7) is 0. The van der Waals surface area contributed by atoms with Gasteiger partial charge in [0.2, 0.25) is 0 Å². The Morgan fingerprint density at radius 3 is 2.61 bits per heavy atom. The topological polar surface area (TPSA) is 55.1 Å². The quantitative estimate of drug-likeness (QED) is 0.857. The zero-order chi connectivity index (χ0) is 13.3. The first-order chi connectivity index (χ1) is 8.38. The van der Waals surface area contributed by atoms with E-state index in [-0.39, 0.29) is 10.6 Å². The number of benzene rings is 1. The Morgan fingerprint density at radius 2 is 2.06 bits per heavy atom. The average Bonchev–Trinajstić information content (AvgIpc) is 2.77. The molecule has 0 aliphatic heterocycles. The maximum absolute atomic E-state index is 12.5. The highest BCUT2D eigenvalue weighted by atomic mass is 32.2. The smallest absolute Gasteiger partial charge is 0.302 e. The minimum Gasteiger partial charge on any atom is -0.302 e. The summed E-state index contributed by atoms with van der Waals surface area (Å²) in [4.78, 5) is 0.0208. The molecule has 0 fully saturated rings. The van der Waals surface area contributed by atoms with Gasteiger partial charge in [-0.2, -0.15) is 18.3 Å². The van der Waals surface area contributed by atoms with E-state index in [0.717, 1.165) is 23.0 Å². The largest absolute Gasteiger partial charge is 0.416 e. The predicted octanol–water partition coefficient (Wildman–Crippen LogP) is 2.47. The van der Waals surface area contributed by atoms with Gasteiger partial charge in [0, 0.05) is 6.20 Å². The summed E-state index contributed by atoms with van der Waals surface area (Å²) in [5.74, 6) is 0. The number of aromatic nitrogens is 2. The van der Waals surface area contributed by atoms with Gasteiger partial charge in [0.05, 0.1) is 17.4 Å². The molecular weight excluding hydrogens is 269 g/mol. The first-order valence-electron chi connectivity index (χ1n) is 4.71. The van der Waals surface area contributed by atoms with Crippen LogP contribution in [0.3, 0.4) is 0 Å².